The summed E-state index contributed by atoms with van der Waals surface area (Å²) in [6, 6.07) is 11.6. The summed E-state index contributed by atoms with van der Waals surface area (Å²) in [6.07, 6.45) is -0.122. The molecule has 0 aliphatic carbocycles. The van der Waals surface area contributed by atoms with Gasteiger partial charge in [-0.05, 0) is 43.7 Å². The number of hydrogen-bond acceptors (Lipinski definition) is 3. The lowest BCUT2D eigenvalue weighted by Crippen LogP contribution is -2.40. The molecule has 1 aromatic carbocycles. The van der Waals surface area contributed by atoms with E-state index in [0.29, 0.717) is 17.5 Å². The van der Waals surface area contributed by atoms with E-state index in [0.717, 1.165) is 17.1 Å². The van der Waals surface area contributed by atoms with Gasteiger partial charge in [-0.25, -0.2) is 0 Å². The minimum Gasteiger partial charge on any atom is -0.464 e. The first-order chi connectivity index (χ1) is 11.5. The third kappa shape index (κ3) is 5.01. The number of rotatable bonds is 6. The fourth-order valence-electron chi connectivity index (χ4n) is 2.39. The van der Waals surface area contributed by atoms with Crippen molar-refractivity contribution in [1.29, 1.82) is 0 Å². The third-order valence-corrected chi connectivity index (χ3v) is 3.96. The van der Waals surface area contributed by atoms with Crippen LogP contribution in [-0.4, -0.2) is 26.7 Å². The van der Waals surface area contributed by atoms with Crippen molar-refractivity contribution in [3.8, 4) is 0 Å². The summed E-state index contributed by atoms with van der Waals surface area (Å²) in [5.41, 5.74) is 1.02. The Morgan fingerprint density at radius 1 is 1.33 bits per heavy atom. The maximum atomic E-state index is 6.05. The van der Waals surface area contributed by atoms with Crippen molar-refractivity contribution in [3.63, 3.8) is 0 Å². The topological polar surface area (TPSA) is 58.8 Å². The predicted molar refractivity (Wildman–Crippen MR) is 97.6 cm³/mol. The van der Waals surface area contributed by atoms with Crippen molar-refractivity contribution >= 4 is 17.6 Å². The van der Waals surface area contributed by atoms with Crippen LogP contribution in [-0.2, 0) is 4.74 Å². The summed E-state index contributed by atoms with van der Waals surface area (Å²) in [4.78, 5) is 4.25. The van der Waals surface area contributed by atoms with Gasteiger partial charge in [0.2, 0.25) is 0 Å². The van der Waals surface area contributed by atoms with Crippen molar-refractivity contribution in [2.24, 2.45) is 4.99 Å². The summed E-state index contributed by atoms with van der Waals surface area (Å²) in [7, 11) is 3.41. The number of methoxy groups -OCH3 is 1. The predicted octanol–water partition coefficient (Wildman–Crippen LogP) is 3.86. The van der Waals surface area contributed by atoms with Gasteiger partial charge in [0.1, 0.15) is 11.5 Å². The molecule has 0 amide bonds. The van der Waals surface area contributed by atoms with Gasteiger partial charge in [-0.1, -0.05) is 23.7 Å². The first-order valence-corrected chi connectivity index (χ1v) is 8.23. The fourth-order valence-corrected chi connectivity index (χ4v) is 2.59. The van der Waals surface area contributed by atoms with Crippen LogP contribution in [0.15, 0.2) is 45.8 Å². The van der Waals surface area contributed by atoms with Gasteiger partial charge in [0, 0.05) is 25.7 Å². The van der Waals surface area contributed by atoms with Gasteiger partial charge in [0.15, 0.2) is 5.96 Å². The summed E-state index contributed by atoms with van der Waals surface area (Å²) in [6.45, 7) is 4.52. The van der Waals surface area contributed by atoms with E-state index in [2.05, 4.69) is 15.6 Å². The second-order valence-corrected chi connectivity index (χ2v) is 5.98. The molecule has 1 aromatic heterocycles. The summed E-state index contributed by atoms with van der Waals surface area (Å²) in [5, 5.41) is 7.27. The van der Waals surface area contributed by atoms with E-state index in [1.165, 1.54) is 0 Å². The largest absolute Gasteiger partial charge is 0.464 e. The lowest BCUT2D eigenvalue weighted by molar-refractivity contribution is 0.106. The number of hydrogen-bond donors (Lipinski definition) is 2. The molecule has 24 heavy (non-hydrogen) atoms. The van der Waals surface area contributed by atoms with E-state index in [1.807, 2.05) is 50.2 Å². The molecule has 2 unspecified atom stereocenters. The Hall–Kier alpha value is -1.98. The Morgan fingerprint density at radius 2 is 2.12 bits per heavy atom. The molecule has 0 radical (unpaired) electrons. The Morgan fingerprint density at radius 3 is 2.71 bits per heavy atom. The Balaban J connectivity index is 1.94. The molecule has 0 bridgehead atoms. The molecule has 0 saturated heterocycles. The van der Waals surface area contributed by atoms with Crippen LogP contribution in [0.5, 0.6) is 0 Å². The molecule has 0 saturated carbocycles. The van der Waals surface area contributed by atoms with Gasteiger partial charge < -0.3 is 19.8 Å². The van der Waals surface area contributed by atoms with Crippen LogP contribution in [0.1, 0.15) is 36.2 Å². The minimum absolute atomic E-state index is 0.0112. The van der Waals surface area contributed by atoms with Gasteiger partial charge in [-0.2, -0.15) is 0 Å². The summed E-state index contributed by atoms with van der Waals surface area (Å²) >= 11 is 6.05. The van der Waals surface area contributed by atoms with Crippen molar-refractivity contribution < 1.29 is 9.15 Å². The molecule has 0 aliphatic rings. The number of nitrogens with one attached hydrogen (secondary N) is 2. The first kappa shape index (κ1) is 18.4. The summed E-state index contributed by atoms with van der Waals surface area (Å²) in [5.74, 6) is 2.44. The van der Waals surface area contributed by atoms with Crippen LogP contribution in [0.25, 0.3) is 0 Å². The highest BCUT2D eigenvalue weighted by atomic mass is 35.5. The number of furan rings is 1. The third-order valence-electron chi connectivity index (χ3n) is 3.72. The molecule has 1 heterocycles. The number of halogens is 1. The van der Waals surface area contributed by atoms with E-state index < -0.39 is 0 Å². The molecule has 130 valence electrons. The normalized spacial score (nSPS) is 14.3. The number of ether oxygens (including phenoxy) is 1. The lowest BCUT2D eigenvalue weighted by atomic mass is 10.1. The number of aliphatic imine (C=N–C) groups is 1. The van der Waals surface area contributed by atoms with Gasteiger partial charge in [-0.3, -0.25) is 4.99 Å². The molecule has 2 rings (SSSR count). The molecule has 0 aliphatic heterocycles. The monoisotopic (exact) mass is 349 g/mol. The molecule has 6 heteroatoms. The van der Waals surface area contributed by atoms with E-state index in [9.17, 15) is 0 Å². The highest BCUT2D eigenvalue weighted by Gasteiger charge is 2.14. The fraction of sp³-hybridized carbons (Fsp3) is 0.389. The van der Waals surface area contributed by atoms with Gasteiger partial charge in [0.05, 0.1) is 12.1 Å². The van der Waals surface area contributed by atoms with Crippen molar-refractivity contribution in [3.05, 3.63) is 58.5 Å². The van der Waals surface area contributed by atoms with Crippen LogP contribution in [0, 0.1) is 6.92 Å². The molecule has 2 N–H and O–H groups in total. The standard InChI is InChI=1S/C18H24ClN3O2/c1-12-8-9-16(24-12)13(2)22-18(20-3)21-11-17(23-4)14-6-5-7-15(19)10-14/h5-10,13,17H,11H2,1-4H3,(H2,20,21,22). The quantitative estimate of drug-likeness (QED) is 0.614. The lowest BCUT2D eigenvalue weighted by Gasteiger charge is -2.20. The Labute approximate surface area is 148 Å². The molecule has 0 fully saturated rings. The number of benzene rings is 1. The van der Waals surface area contributed by atoms with Crippen molar-refractivity contribution in [2.75, 3.05) is 20.7 Å². The SMILES string of the molecule is CN=C(NCC(OC)c1cccc(Cl)c1)NC(C)c1ccc(C)o1. The maximum absolute atomic E-state index is 6.05. The van der Waals surface area contributed by atoms with E-state index in [-0.39, 0.29) is 12.1 Å². The Bertz CT molecular complexity index is 684. The average molecular weight is 350 g/mol. The zero-order valence-electron chi connectivity index (χ0n) is 14.5. The van der Waals surface area contributed by atoms with Crippen LogP contribution in [0.4, 0.5) is 0 Å². The number of nitrogens with zero attached hydrogens (tertiary/aromatic N) is 1. The molecule has 2 aromatic rings. The second kappa shape index (κ2) is 8.76. The van der Waals surface area contributed by atoms with E-state index in [4.69, 9.17) is 20.8 Å². The van der Waals surface area contributed by atoms with Crippen LogP contribution in [0.2, 0.25) is 5.02 Å². The van der Waals surface area contributed by atoms with Crippen molar-refractivity contribution in [1.82, 2.24) is 10.6 Å². The van der Waals surface area contributed by atoms with Gasteiger partial charge in [0.25, 0.3) is 0 Å². The van der Waals surface area contributed by atoms with Crippen LogP contribution >= 0.6 is 11.6 Å². The first-order valence-electron chi connectivity index (χ1n) is 7.85. The molecular formula is C18H24ClN3O2. The van der Waals surface area contributed by atoms with Gasteiger partial charge in [-0.15, -0.1) is 0 Å². The maximum Gasteiger partial charge on any atom is 0.191 e. The molecular weight excluding hydrogens is 326 g/mol. The van der Waals surface area contributed by atoms with Gasteiger partial charge >= 0.3 is 0 Å². The minimum atomic E-state index is -0.122. The summed E-state index contributed by atoms with van der Waals surface area (Å²) < 4.78 is 11.2. The highest BCUT2D eigenvalue weighted by molar-refractivity contribution is 6.30. The van der Waals surface area contributed by atoms with Crippen molar-refractivity contribution in [2.45, 2.75) is 26.0 Å². The number of guanidine groups is 1. The Kier molecular flexibility index (Phi) is 6.70. The zero-order chi connectivity index (χ0) is 17.5. The molecule has 2 atom stereocenters. The number of aryl methyl sites for hydroxylation is 1. The van der Waals surface area contributed by atoms with E-state index in [1.54, 1.807) is 14.2 Å². The molecule has 0 spiro atoms. The highest BCUT2D eigenvalue weighted by Crippen LogP contribution is 2.20. The average Bonchev–Trinajstić information content (AvgIpc) is 3.01. The zero-order valence-corrected chi connectivity index (χ0v) is 15.2. The van der Waals surface area contributed by atoms with Crippen LogP contribution < -0.4 is 10.6 Å². The molecule has 5 nitrogen and oxygen atoms in total. The van der Waals surface area contributed by atoms with E-state index >= 15 is 0 Å². The second-order valence-electron chi connectivity index (χ2n) is 5.55. The van der Waals surface area contributed by atoms with Crippen LogP contribution in [0.3, 0.4) is 0 Å². The smallest absolute Gasteiger partial charge is 0.191 e.